The van der Waals surface area contributed by atoms with Crippen molar-refractivity contribution in [2.24, 2.45) is 17.8 Å². The number of hydrogen-bond donors (Lipinski definition) is 3. The van der Waals surface area contributed by atoms with Gasteiger partial charge in [0.1, 0.15) is 77.0 Å². The van der Waals surface area contributed by atoms with E-state index in [1.165, 1.54) is 69.2 Å². The molecular weight excluding hydrogens is 1130 g/mol. The fourth-order valence-corrected chi connectivity index (χ4v) is 12.9. The van der Waals surface area contributed by atoms with Gasteiger partial charge < -0.3 is 14.7 Å². The number of carbonyl (C=O) groups is 2. The maximum Gasteiger partial charge on any atom is 0.222 e. The quantitative estimate of drug-likeness (QED) is 0.0815. The Hall–Kier alpha value is -7.59. The van der Waals surface area contributed by atoms with Gasteiger partial charge in [-0.2, -0.15) is 0 Å². The molecule has 3 aromatic carbocycles. The van der Waals surface area contributed by atoms with Gasteiger partial charge in [0.15, 0.2) is 0 Å². The molecule has 0 bridgehead atoms. The van der Waals surface area contributed by atoms with E-state index in [9.17, 15) is 48.0 Å². The average molecular weight is 1190 g/mol. The second kappa shape index (κ2) is 27.5. The van der Waals surface area contributed by atoms with Crippen molar-refractivity contribution in [3.05, 3.63) is 107 Å². The first-order valence-electron chi connectivity index (χ1n) is 26.1. The molecule has 0 spiro atoms. The molecule has 0 radical (unpaired) electrons. The lowest BCUT2D eigenvalue weighted by molar-refractivity contribution is -0.115. The van der Waals surface area contributed by atoms with Crippen LogP contribution in [0.25, 0.3) is 47.2 Å². The molecule has 3 aliphatic heterocycles. The zero-order valence-electron chi connectivity index (χ0n) is 45.1. The molecule has 6 heterocycles. The summed E-state index contributed by atoms with van der Waals surface area (Å²) in [4.78, 5) is 63.1. The van der Waals surface area contributed by atoms with Gasteiger partial charge in [-0.3, -0.25) is 9.59 Å². The van der Waals surface area contributed by atoms with Gasteiger partial charge in [0.2, 0.25) is 47.1 Å². The highest BCUT2D eigenvalue weighted by Gasteiger charge is 2.28. The third kappa shape index (κ3) is 16.5. The van der Waals surface area contributed by atoms with Crippen molar-refractivity contribution in [1.29, 1.82) is 0 Å². The van der Waals surface area contributed by atoms with Crippen molar-refractivity contribution in [1.82, 2.24) is 44.1 Å². The molecule has 6 aromatic rings. The SMILES string of the molecule is [C-]#[N+]c1cc2c(N3CCCC(CNS(=O)(=O)CC(C)=O)C3)ncnc2cc1F.[C-]#[N+]c1cc2c(N3CCCC(CNS(=O)(=O)CC(C)=O)C3)ncnc2cc1F.[C-]#[N+]c1cc2c(N3CCCC(CNS(=O)(=O)CC)C3)ncnc2cc1F. The van der Waals surface area contributed by atoms with Crippen LogP contribution in [0.3, 0.4) is 0 Å². The van der Waals surface area contributed by atoms with Gasteiger partial charge in [-0.05, 0) is 113 Å². The molecule has 3 aromatic heterocycles. The second-order valence-electron chi connectivity index (χ2n) is 20.1. The molecule has 9 rings (SSSR count). The minimum atomic E-state index is -3.63. The molecule has 3 aliphatic rings. The van der Waals surface area contributed by atoms with Gasteiger partial charge in [0, 0.05) is 75.1 Å². The fraction of sp³-hybridized carbons (Fsp3) is 0.453. The predicted molar refractivity (Wildman–Crippen MR) is 304 cm³/mol. The highest BCUT2D eigenvalue weighted by Crippen LogP contribution is 2.35. The lowest BCUT2D eigenvalue weighted by atomic mass is 9.98. The number of anilines is 3. The standard InChI is InChI=1S/2C18H20FN5O3S.C17H20FN5O2S/c2*1-12(25)10-28(26,27)23-8-13-4-3-5-24(9-13)18-14-6-17(20-2)15(19)7-16(14)21-11-22-18;1-3-26(24,25)22-9-12-5-4-6-23(10-12)17-13-7-16(19-2)14(18)8-15(13)20-11-21-17/h2*6-7,11,13,23H,3-5,8-10H2,1H3;7-8,11-12,22H,3-6,9-10H2,1H3. The normalized spacial score (nSPS) is 17.6. The molecule has 434 valence electrons. The number of piperidine rings is 3. The number of sulfonamides is 3. The summed E-state index contributed by atoms with van der Waals surface area (Å²) in [6.07, 6.45) is 9.27. The van der Waals surface area contributed by atoms with Crippen LogP contribution in [0.4, 0.5) is 47.7 Å². The molecule has 82 heavy (non-hydrogen) atoms. The van der Waals surface area contributed by atoms with Crippen molar-refractivity contribution in [3.8, 4) is 0 Å². The molecule has 23 nitrogen and oxygen atoms in total. The van der Waals surface area contributed by atoms with E-state index in [0.29, 0.717) is 89.4 Å². The Morgan fingerprint density at radius 1 is 0.512 bits per heavy atom. The third-order valence-corrected chi connectivity index (χ3v) is 18.0. The number of hydrogen-bond acceptors (Lipinski definition) is 17. The molecule has 3 fully saturated rings. The Morgan fingerprint density at radius 2 is 0.805 bits per heavy atom. The lowest BCUT2D eigenvalue weighted by Gasteiger charge is -2.34. The maximum atomic E-state index is 13.9. The number of nitrogens with zero attached hydrogens (tertiary/aromatic N) is 12. The number of Topliss-reactive ketones (excluding diaryl/α,β-unsaturated/α-hetero) is 2. The van der Waals surface area contributed by atoms with E-state index in [4.69, 9.17) is 19.7 Å². The van der Waals surface area contributed by atoms with Gasteiger partial charge in [0.25, 0.3) is 0 Å². The highest BCUT2D eigenvalue weighted by molar-refractivity contribution is 7.90. The Balaban J connectivity index is 0.000000177. The van der Waals surface area contributed by atoms with Crippen molar-refractivity contribution in [3.63, 3.8) is 0 Å². The van der Waals surface area contributed by atoms with E-state index in [1.807, 2.05) is 9.80 Å². The van der Waals surface area contributed by atoms with E-state index in [-0.39, 0.29) is 53.7 Å². The Morgan fingerprint density at radius 3 is 1.07 bits per heavy atom. The molecule has 3 saturated heterocycles. The average Bonchev–Trinajstić information content (AvgIpc) is 3.58. The van der Waals surface area contributed by atoms with Crippen molar-refractivity contribution in [2.75, 3.05) is 90.9 Å². The van der Waals surface area contributed by atoms with Gasteiger partial charge >= 0.3 is 0 Å². The molecule has 0 aliphatic carbocycles. The maximum absolute atomic E-state index is 13.9. The van der Waals surface area contributed by atoms with E-state index in [1.54, 1.807) is 6.92 Å². The zero-order valence-corrected chi connectivity index (χ0v) is 47.6. The first-order chi connectivity index (χ1) is 39.0. The number of halogens is 3. The highest BCUT2D eigenvalue weighted by atomic mass is 32.2. The summed E-state index contributed by atoms with van der Waals surface area (Å²) >= 11 is 0. The van der Waals surface area contributed by atoms with E-state index in [2.05, 4.69) is 63.5 Å². The van der Waals surface area contributed by atoms with Crippen molar-refractivity contribution >= 4 is 109 Å². The van der Waals surface area contributed by atoms with Crippen LogP contribution in [-0.2, 0) is 39.7 Å². The van der Waals surface area contributed by atoms with Crippen LogP contribution in [0.15, 0.2) is 55.4 Å². The predicted octanol–water partition coefficient (Wildman–Crippen LogP) is 6.56. The molecule has 3 unspecified atom stereocenters. The lowest BCUT2D eigenvalue weighted by Crippen LogP contribution is -2.42. The molecular formula is C53H60F3N15O8S3. The van der Waals surface area contributed by atoms with Gasteiger partial charge in [-0.15, -0.1) is 0 Å². The molecule has 0 saturated carbocycles. The number of rotatable bonds is 17. The van der Waals surface area contributed by atoms with Crippen LogP contribution in [0.5, 0.6) is 0 Å². The summed E-state index contributed by atoms with van der Waals surface area (Å²) in [5.74, 6) is -1.53. The molecule has 29 heteroatoms. The van der Waals surface area contributed by atoms with Crippen LogP contribution in [-0.4, -0.2) is 143 Å². The molecule has 0 amide bonds. The Labute approximate surface area is 473 Å². The number of aromatic nitrogens is 6. The summed E-state index contributed by atoms with van der Waals surface area (Å²) in [6.45, 7) is 30.2. The van der Waals surface area contributed by atoms with E-state index in [0.717, 1.165) is 45.1 Å². The summed E-state index contributed by atoms with van der Waals surface area (Å²) in [5, 5.41) is 1.81. The summed E-state index contributed by atoms with van der Waals surface area (Å²) in [7, 11) is -10.5. The smallest absolute Gasteiger partial charge is 0.222 e. The van der Waals surface area contributed by atoms with E-state index < -0.39 is 70.6 Å². The first kappa shape index (κ1) is 62.0. The first-order valence-corrected chi connectivity index (χ1v) is 31.1. The number of fused-ring (bicyclic) bond motifs is 3. The second-order valence-corrected chi connectivity index (χ2v) is 25.8. The topological polar surface area (TPSA) is 273 Å². The Bertz CT molecular complexity index is 3680. The zero-order chi connectivity index (χ0) is 59.4. The number of carbonyl (C=O) groups excluding carboxylic acids is 2. The van der Waals surface area contributed by atoms with Crippen LogP contribution < -0.4 is 28.9 Å². The molecule has 3 atom stereocenters. The minimum Gasteiger partial charge on any atom is -0.356 e. The van der Waals surface area contributed by atoms with Gasteiger partial charge in [-0.25, -0.2) is 97.0 Å². The minimum absolute atomic E-state index is 0.0429. The summed E-state index contributed by atoms with van der Waals surface area (Å²) < 4.78 is 120. The van der Waals surface area contributed by atoms with Crippen LogP contribution >= 0.6 is 0 Å². The number of ketones is 2. The van der Waals surface area contributed by atoms with Crippen LogP contribution in [0.1, 0.15) is 59.3 Å². The summed E-state index contributed by atoms with van der Waals surface area (Å²) in [6, 6.07) is 8.09. The monoisotopic (exact) mass is 1190 g/mol. The van der Waals surface area contributed by atoms with Crippen LogP contribution in [0, 0.1) is 54.9 Å². The largest absolute Gasteiger partial charge is 0.356 e. The van der Waals surface area contributed by atoms with Gasteiger partial charge in [0.05, 0.1) is 42.0 Å². The fourth-order valence-electron chi connectivity index (χ4n) is 9.92. The molecule has 3 N–H and O–H groups in total. The Kier molecular flexibility index (Phi) is 20.8. The number of benzene rings is 3. The van der Waals surface area contributed by atoms with Crippen LogP contribution in [0.2, 0.25) is 0 Å². The van der Waals surface area contributed by atoms with Crippen molar-refractivity contribution in [2.45, 2.75) is 59.3 Å². The van der Waals surface area contributed by atoms with Gasteiger partial charge in [-0.1, -0.05) is 0 Å². The van der Waals surface area contributed by atoms with Crippen molar-refractivity contribution < 1.29 is 48.0 Å². The van der Waals surface area contributed by atoms with E-state index >= 15 is 0 Å². The number of nitrogens with one attached hydrogen (secondary N) is 3. The third-order valence-electron chi connectivity index (χ3n) is 13.8. The summed E-state index contributed by atoms with van der Waals surface area (Å²) in [5.41, 5.74) is 1.05.